The lowest BCUT2D eigenvalue weighted by atomic mass is 10.1. The van der Waals surface area contributed by atoms with Crippen molar-refractivity contribution in [1.29, 1.82) is 0 Å². The van der Waals surface area contributed by atoms with Crippen molar-refractivity contribution < 1.29 is 0 Å². The second-order valence-electron chi connectivity index (χ2n) is 8.04. The Kier molecular flexibility index (Phi) is 6.41. The van der Waals surface area contributed by atoms with Gasteiger partial charge in [0.05, 0.1) is 15.9 Å². The van der Waals surface area contributed by atoms with Gasteiger partial charge in [0, 0.05) is 18.3 Å². The minimum absolute atomic E-state index is 0.442. The van der Waals surface area contributed by atoms with Gasteiger partial charge >= 0.3 is 0 Å². The number of aromatic nitrogens is 1. The molecule has 2 N–H and O–H groups in total. The molecular formula is C26H26N4S2. The van der Waals surface area contributed by atoms with Gasteiger partial charge in [-0.05, 0) is 54.7 Å². The second-order valence-corrected chi connectivity index (χ2v) is 10.1. The van der Waals surface area contributed by atoms with Gasteiger partial charge in [-0.15, -0.1) is 0 Å². The Labute approximate surface area is 197 Å². The molecule has 5 rings (SSSR count). The van der Waals surface area contributed by atoms with E-state index in [4.69, 9.17) is 9.98 Å². The van der Waals surface area contributed by atoms with E-state index in [9.17, 15) is 0 Å². The Bertz CT molecular complexity index is 1220. The largest absolute Gasteiger partial charge is 0.361 e. The van der Waals surface area contributed by atoms with Gasteiger partial charge in [-0.25, -0.2) is 9.98 Å². The number of anilines is 1. The number of rotatable bonds is 7. The van der Waals surface area contributed by atoms with Crippen LogP contribution in [0.25, 0.3) is 10.2 Å². The molecule has 162 valence electrons. The average molecular weight is 459 g/mol. The minimum Gasteiger partial charge on any atom is -0.361 e. The van der Waals surface area contributed by atoms with Crippen molar-refractivity contribution in [3.63, 3.8) is 0 Å². The van der Waals surface area contributed by atoms with Crippen LogP contribution >= 0.6 is 23.1 Å². The van der Waals surface area contributed by atoms with E-state index < -0.39 is 0 Å². The molecule has 1 atom stereocenters. The first-order valence-electron chi connectivity index (χ1n) is 10.9. The summed E-state index contributed by atoms with van der Waals surface area (Å²) in [5.41, 5.74) is 6.00. The molecule has 0 radical (unpaired) electrons. The number of para-hydroxylation sites is 1. The maximum Gasteiger partial charge on any atom is 0.183 e. The predicted octanol–water partition coefficient (Wildman–Crippen LogP) is 6.19. The number of hydrogen-bond donors (Lipinski definition) is 2. The molecule has 4 nitrogen and oxygen atoms in total. The van der Waals surface area contributed by atoms with Gasteiger partial charge in [0.1, 0.15) is 0 Å². The number of thioether (sulfide) groups is 1. The van der Waals surface area contributed by atoms with Gasteiger partial charge in [-0.2, -0.15) is 0 Å². The van der Waals surface area contributed by atoms with Crippen LogP contribution in [0.2, 0.25) is 0 Å². The van der Waals surface area contributed by atoms with E-state index in [0.717, 1.165) is 46.6 Å². The summed E-state index contributed by atoms with van der Waals surface area (Å²) in [7, 11) is 0. The Hall–Kier alpha value is -2.83. The topological polar surface area (TPSA) is 49.3 Å². The first-order chi connectivity index (χ1) is 15.7. The van der Waals surface area contributed by atoms with Gasteiger partial charge < -0.3 is 10.6 Å². The summed E-state index contributed by atoms with van der Waals surface area (Å²) in [5.74, 6) is 1.06. The predicted molar refractivity (Wildman–Crippen MR) is 140 cm³/mol. The Morgan fingerprint density at radius 3 is 2.66 bits per heavy atom. The average Bonchev–Trinajstić information content (AvgIpc) is 3.43. The van der Waals surface area contributed by atoms with E-state index >= 15 is 0 Å². The maximum absolute atomic E-state index is 4.80. The Balaban J connectivity index is 1.13. The third-order valence-corrected chi connectivity index (χ3v) is 7.58. The molecule has 4 aromatic rings. The van der Waals surface area contributed by atoms with Gasteiger partial charge in [0.15, 0.2) is 10.3 Å². The lowest BCUT2D eigenvalue weighted by Gasteiger charge is -2.09. The van der Waals surface area contributed by atoms with Crippen LogP contribution in [0.3, 0.4) is 0 Å². The molecule has 1 aromatic heterocycles. The SMILES string of the molecule is Cc1cccc2sc(NCCc3ccc(/N=C4/N[C@@H](Cc5ccccc5)CS4)cc3)nc12. The van der Waals surface area contributed by atoms with Crippen molar-refractivity contribution in [3.05, 3.63) is 89.5 Å². The highest BCUT2D eigenvalue weighted by molar-refractivity contribution is 8.14. The number of fused-ring (bicyclic) bond motifs is 1. The van der Waals surface area contributed by atoms with Crippen LogP contribution in [0.1, 0.15) is 16.7 Å². The lowest BCUT2D eigenvalue weighted by molar-refractivity contribution is 0.688. The third kappa shape index (κ3) is 5.14. The highest BCUT2D eigenvalue weighted by Crippen LogP contribution is 2.28. The zero-order valence-electron chi connectivity index (χ0n) is 18.0. The van der Waals surface area contributed by atoms with E-state index in [1.165, 1.54) is 21.4 Å². The third-order valence-electron chi connectivity index (χ3n) is 5.55. The summed E-state index contributed by atoms with van der Waals surface area (Å²) in [5, 5.41) is 9.05. The van der Waals surface area contributed by atoms with Gasteiger partial charge in [0.2, 0.25) is 0 Å². The van der Waals surface area contributed by atoms with E-state index in [2.05, 4.69) is 90.4 Å². The van der Waals surface area contributed by atoms with E-state index in [1.807, 2.05) is 0 Å². The van der Waals surface area contributed by atoms with Crippen molar-refractivity contribution in [2.75, 3.05) is 17.6 Å². The monoisotopic (exact) mass is 458 g/mol. The number of aliphatic imine (C=N–C) groups is 1. The number of hydrogen-bond acceptors (Lipinski definition) is 5. The van der Waals surface area contributed by atoms with Crippen LogP contribution in [0, 0.1) is 6.92 Å². The zero-order chi connectivity index (χ0) is 21.8. The lowest BCUT2D eigenvalue weighted by Crippen LogP contribution is -2.28. The molecule has 1 aliphatic rings. The van der Waals surface area contributed by atoms with E-state index in [-0.39, 0.29) is 0 Å². The van der Waals surface area contributed by atoms with Crippen LogP contribution in [-0.4, -0.2) is 28.5 Å². The molecule has 2 heterocycles. The van der Waals surface area contributed by atoms with Crippen LogP contribution in [-0.2, 0) is 12.8 Å². The van der Waals surface area contributed by atoms with Crippen molar-refractivity contribution in [1.82, 2.24) is 10.3 Å². The molecule has 1 fully saturated rings. The van der Waals surface area contributed by atoms with E-state index in [1.54, 1.807) is 23.1 Å². The molecule has 1 aliphatic heterocycles. The maximum atomic E-state index is 4.80. The summed E-state index contributed by atoms with van der Waals surface area (Å²) in [6.45, 7) is 2.98. The summed E-state index contributed by atoms with van der Waals surface area (Å²) in [6, 6.07) is 26.0. The number of thiazole rings is 1. The first kappa shape index (κ1) is 21.0. The molecule has 0 aliphatic carbocycles. The molecule has 32 heavy (non-hydrogen) atoms. The Morgan fingerprint density at radius 2 is 1.84 bits per heavy atom. The first-order valence-corrected chi connectivity index (χ1v) is 12.7. The number of aryl methyl sites for hydroxylation is 1. The smallest absolute Gasteiger partial charge is 0.183 e. The minimum atomic E-state index is 0.442. The van der Waals surface area contributed by atoms with Gasteiger partial charge in [-0.3, -0.25) is 0 Å². The van der Waals surface area contributed by atoms with Crippen LogP contribution in [0.15, 0.2) is 77.8 Å². The molecular weight excluding hydrogens is 432 g/mol. The quantitative estimate of drug-likeness (QED) is 0.346. The summed E-state index contributed by atoms with van der Waals surface area (Å²) in [6.07, 6.45) is 1.99. The molecule has 0 amide bonds. The van der Waals surface area contributed by atoms with Gasteiger partial charge in [0.25, 0.3) is 0 Å². The van der Waals surface area contributed by atoms with Crippen molar-refractivity contribution in [2.24, 2.45) is 4.99 Å². The fraction of sp³-hybridized carbons (Fsp3) is 0.231. The summed E-state index contributed by atoms with van der Waals surface area (Å²) in [4.78, 5) is 9.52. The standard InChI is InChI=1S/C26H26N4S2/c1-18-6-5-9-23-24(18)30-25(32-23)27-15-14-19-10-12-21(13-11-19)28-26-29-22(17-31-26)16-20-7-3-2-4-8-20/h2-13,22H,14-17H2,1H3,(H,27,30)(H,28,29)/t22-/m0/s1. The van der Waals surface area contributed by atoms with Crippen LogP contribution in [0.5, 0.6) is 0 Å². The normalized spacial score (nSPS) is 17.0. The Morgan fingerprint density at radius 1 is 1.00 bits per heavy atom. The fourth-order valence-corrected chi connectivity index (χ4v) is 5.79. The zero-order valence-corrected chi connectivity index (χ0v) is 19.7. The molecule has 1 saturated heterocycles. The molecule has 0 bridgehead atoms. The number of nitrogens with zero attached hydrogens (tertiary/aromatic N) is 2. The summed E-state index contributed by atoms with van der Waals surface area (Å²) < 4.78 is 1.24. The second kappa shape index (κ2) is 9.76. The van der Waals surface area contributed by atoms with Crippen molar-refractivity contribution >= 4 is 49.3 Å². The molecule has 0 spiro atoms. The number of amidine groups is 1. The molecule has 0 unspecified atom stereocenters. The van der Waals surface area contributed by atoms with Crippen molar-refractivity contribution in [3.8, 4) is 0 Å². The summed E-state index contributed by atoms with van der Waals surface area (Å²) >= 11 is 3.52. The van der Waals surface area contributed by atoms with Crippen LogP contribution < -0.4 is 10.6 Å². The number of nitrogens with one attached hydrogen (secondary N) is 2. The highest BCUT2D eigenvalue weighted by atomic mass is 32.2. The number of benzene rings is 3. The van der Waals surface area contributed by atoms with Gasteiger partial charge in [-0.1, -0.05) is 77.7 Å². The molecule has 3 aromatic carbocycles. The molecule has 6 heteroatoms. The highest BCUT2D eigenvalue weighted by Gasteiger charge is 2.20. The van der Waals surface area contributed by atoms with Crippen molar-refractivity contribution in [2.45, 2.75) is 25.8 Å². The molecule has 0 saturated carbocycles. The van der Waals surface area contributed by atoms with E-state index in [0.29, 0.717) is 6.04 Å². The fourth-order valence-electron chi connectivity index (χ4n) is 3.84. The van der Waals surface area contributed by atoms with Crippen LogP contribution in [0.4, 0.5) is 10.8 Å².